The van der Waals surface area contributed by atoms with E-state index in [1.165, 1.54) is 0 Å². The molecule has 7 heteroatoms. The van der Waals surface area contributed by atoms with Crippen LogP contribution in [-0.2, 0) is 14.9 Å². The molecule has 0 radical (unpaired) electrons. The lowest BCUT2D eigenvalue weighted by atomic mass is 10.2. The first-order chi connectivity index (χ1) is 5.58. The van der Waals surface area contributed by atoms with Gasteiger partial charge in [0.05, 0.1) is 18.5 Å². The van der Waals surface area contributed by atoms with E-state index < -0.39 is 10.1 Å². The zero-order valence-electron chi connectivity index (χ0n) is 7.19. The van der Waals surface area contributed by atoms with Crippen molar-refractivity contribution in [2.45, 2.75) is 12.5 Å². The lowest BCUT2D eigenvalue weighted by Crippen LogP contribution is -2.39. The van der Waals surface area contributed by atoms with E-state index in [1.54, 1.807) is 0 Å². The second kappa shape index (κ2) is 5.51. The topological polar surface area (TPSA) is 107 Å². The summed E-state index contributed by atoms with van der Waals surface area (Å²) in [5, 5.41) is 3.07. The standard InChI is InChI=1S/C6H13NO4S.H2O/c8-12(9,10)4-1-6-5-7-2-3-11-6;/h6-7H,1-5H2,(H,8,9,10);1H2. The Labute approximate surface area is 77.3 Å². The summed E-state index contributed by atoms with van der Waals surface area (Å²) in [4.78, 5) is 0. The molecule has 0 bridgehead atoms. The van der Waals surface area contributed by atoms with E-state index in [2.05, 4.69) is 5.32 Å². The predicted molar refractivity (Wildman–Crippen MR) is 47.3 cm³/mol. The van der Waals surface area contributed by atoms with Gasteiger partial charge in [-0.2, -0.15) is 8.42 Å². The van der Waals surface area contributed by atoms with E-state index in [0.717, 1.165) is 6.54 Å². The van der Waals surface area contributed by atoms with Gasteiger partial charge in [-0.15, -0.1) is 0 Å². The van der Waals surface area contributed by atoms with E-state index in [-0.39, 0.29) is 17.3 Å². The molecule has 1 atom stereocenters. The molecule has 1 fully saturated rings. The lowest BCUT2D eigenvalue weighted by Gasteiger charge is -2.22. The maximum absolute atomic E-state index is 10.4. The molecule has 1 rings (SSSR count). The van der Waals surface area contributed by atoms with Gasteiger partial charge >= 0.3 is 0 Å². The summed E-state index contributed by atoms with van der Waals surface area (Å²) in [5.41, 5.74) is 0. The van der Waals surface area contributed by atoms with E-state index in [4.69, 9.17) is 9.29 Å². The average Bonchev–Trinajstić information content (AvgIpc) is 2.02. The summed E-state index contributed by atoms with van der Waals surface area (Å²) in [6.07, 6.45) is 0.270. The maximum atomic E-state index is 10.4. The Hall–Kier alpha value is -0.210. The molecule has 1 aliphatic heterocycles. The van der Waals surface area contributed by atoms with Gasteiger partial charge in [0, 0.05) is 13.1 Å². The van der Waals surface area contributed by atoms with Crippen LogP contribution in [0.2, 0.25) is 0 Å². The van der Waals surface area contributed by atoms with Crippen LogP contribution in [0.1, 0.15) is 6.42 Å². The van der Waals surface area contributed by atoms with Crippen LogP contribution >= 0.6 is 0 Å². The Morgan fingerprint density at radius 1 is 1.54 bits per heavy atom. The summed E-state index contributed by atoms with van der Waals surface area (Å²) < 4.78 is 34.4. The number of hydrogen-bond donors (Lipinski definition) is 2. The fourth-order valence-corrected chi connectivity index (χ4v) is 1.65. The highest BCUT2D eigenvalue weighted by Crippen LogP contribution is 2.02. The van der Waals surface area contributed by atoms with Gasteiger partial charge in [-0.1, -0.05) is 0 Å². The summed E-state index contributed by atoms with van der Waals surface area (Å²) in [7, 11) is -3.83. The Bertz CT molecular complexity index is 221. The largest absolute Gasteiger partial charge is 0.412 e. The van der Waals surface area contributed by atoms with Crippen LogP contribution in [0.3, 0.4) is 0 Å². The van der Waals surface area contributed by atoms with Crippen LogP contribution in [0.15, 0.2) is 0 Å². The third kappa shape index (κ3) is 5.94. The number of ether oxygens (including phenoxy) is 1. The van der Waals surface area contributed by atoms with Crippen molar-refractivity contribution in [2.24, 2.45) is 0 Å². The van der Waals surface area contributed by atoms with Crippen LogP contribution in [0.5, 0.6) is 0 Å². The molecule has 80 valence electrons. The molecule has 0 aromatic heterocycles. The summed E-state index contributed by atoms with van der Waals surface area (Å²) in [6.45, 7) is 2.08. The molecule has 6 nitrogen and oxygen atoms in total. The molecule has 0 spiro atoms. The number of rotatable bonds is 3. The molecule has 1 unspecified atom stereocenters. The van der Waals surface area contributed by atoms with Crippen molar-refractivity contribution in [3.8, 4) is 0 Å². The average molecular weight is 213 g/mol. The highest BCUT2D eigenvalue weighted by atomic mass is 32.2. The minimum absolute atomic E-state index is 0. The van der Waals surface area contributed by atoms with E-state index in [1.807, 2.05) is 0 Å². The zero-order chi connectivity index (χ0) is 9.03. The van der Waals surface area contributed by atoms with Crippen molar-refractivity contribution < 1.29 is 23.2 Å². The summed E-state index contributed by atoms with van der Waals surface area (Å²) >= 11 is 0. The van der Waals surface area contributed by atoms with Gasteiger partial charge in [-0.05, 0) is 6.42 Å². The number of hydrogen-bond acceptors (Lipinski definition) is 4. The molecule has 4 N–H and O–H groups in total. The Balaban J connectivity index is 0.00000144. The van der Waals surface area contributed by atoms with Crippen molar-refractivity contribution in [1.29, 1.82) is 0 Å². The summed E-state index contributed by atoms with van der Waals surface area (Å²) in [5.74, 6) is -0.223. The Morgan fingerprint density at radius 3 is 2.69 bits per heavy atom. The zero-order valence-corrected chi connectivity index (χ0v) is 8.01. The van der Waals surface area contributed by atoms with Crippen LogP contribution in [0.25, 0.3) is 0 Å². The van der Waals surface area contributed by atoms with Crippen molar-refractivity contribution in [2.75, 3.05) is 25.4 Å². The van der Waals surface area contributed by atoms with Gasteiger partial charge < -0.3 is 15.5 Å². The first-order valence-corrected chi connectivity index (χ1v) is 5.46. The molecule has 0 amide bonds. The van der Waals surface area contributed by atoms with Gasteiger partial charge in [-0.3, -0.25) is 4.55 Å². The minimum Gasteiger partial charge on any atom is -0.412 e. The molecule has 13 heavy (non-hydrogen) atoms. The summed E-state index contributed by atoms with van der Waals surface area (Å²) in [6, 6.07) is 0. The van der Waals surface area contributed by atoms with Crippen LogP contribution in [0, 0.1) is 0 Å². The van der Waals surface area contributed by atoms with E-state index in [9.17, 15) is 8.42 Å². The van der Waals surface area contributed by atoms with Crippen LogP contribution in [-0.4, -0.2) is 50.0 Å². The second-order valence-corrected chi connectivity index (χ2v) is 4.34. The number of morpholine rings is 1. The van der Waals surface area contributed by atoms with Crippen molar-refractivity contribution in [3.05, 3.63) is 0 Å². The second-order valence-electron chi connectivity index (χ2n) is 2.77. The molecule has 0 saturated carbocycles. The molecule has 1 heterocycles. The Morgan fingerprint density at radius 2 is 2.23 bits per heavy atom. The quantitative estimate of drug-likeness (QED) is 0.551. The lowest BCUT2D eigenvalue weighted by molar-refractivity contribution is 0.0269. The third-order valence-corrected chi connectivity index (χ3v) is 2.45. The van der Waals surface area contributed by atoms with Gasteiger partial charge in [0.15, 0.2) is 0 Å². The highest BCUT2D eigenvalue weighted by molar-refractivity contribution is 7.85. The highest BCUT2D eigenvalue weighted by Gasteiger charge is 2.16. The molecule has 0 aliphatic carbocycles. The van der Waals surface area contributed by atoms with Gasteiger partial charge in [0.25, 0.3) is 10.1 Å². The predicted octanol–water partition coefficient (Wildman–Crippen LogP) is -1.57. The molecule has 1 saturated heterocycles. The maximum Gasteiger partial charge on any atom is 0.264 e. The third-order valence-electron chi connectivity index (χ3n) is 1.70. The molecular weight excluding hydrogens is 198 g/mol. The fourth-order valence-electron chi connectivity index (χ4n) is 1.09. The van der Waals surface area contributed by atoms with Crippen LogP contribution < -0.4 is 5.32 Å². The molecule has 0 aromatic carbocycles. The first-order valence-electron chi connectivity index (χ1n) is 3.85. The van der Waals surface area contributed by atoms with E-state index in [0.29, 0.717) is 19.6 Å². The minimum atomic E-state index is -3.83. The first kappa shape index (κ1) is 12.8. The van der Waals surface area contributed by atoms with E-state index >= 15 is 0 Å². The monoisotopic (exact) mass is 213 g/mol. The molecular formula is C6H15NO5S. The fraction of sp³-hybridized carbons (Fsp3) is 1.00. The van der Waals surface area contributed by atoms with Crippen molar-refractivity contribution in [3.63, 3.8) is 0 Å². The van der Waals surface area contributed by atoms with Gasteiger partial charge in [0.2, 0.25) is 0 Å². The molecule has 1 aliphatic rings. The number of nitrogens with one attached hydrogen (secondary N) is 1. The van der Waals surface area contributed by atoms with Crippen molar-refractivity contribution in [1.82, 2.24) is 5.32 Å². The van der Waals surface area contributed by atoms with Crippen molar-refractivity contribution >= 4 is 10.1 Å². The SMILES string of the molecule is O.O=S(=O)(O)CCC1CNCCO1. The Kier molecular flexibility index (Phi) is 5.42. The smallest absolute Gasteiger partial charge is 0.264 e. The van der Waals surface area contributed by atoms with Crippen LogP contribution in [0.4, 0.5) is 0 Å². The van der Waals surface area contributed by atoms with Gasteiger partial charge in [-0.25, -0.2) is 0 Å². The molecule has 0 aromatic rings. The van der Waals surface area contributed by atoms with Gasteiger partial charge in [0.1, 0.15) is 0 Å². The normalized spacial score (nSPS) is 23.6.